The Morgan fingerprint density at radius 2 is 1.67 bits per heavy atom. The van der Waals surface area contributed by atoms with Crippen LogP contribution in [0.3, 0.4) is 0 Å². The van der Waals surface area contributed by atoms with Crippen LogP contribution in [-0.4, -0.2) is 4.98 Å². The molecule has 0 unspecified atom stereocenters. The highest BCUT2D eigenvalue weighted by Gasteiger charge is 1.93. The Kier molecular flexibility index (Phi) is 8.37. The molecule has 112 valence electrons. The predicted molar refractivity (Wildman–Crippen MR) is 96.1 cm³/mol. The highest BCUT2D eigenvalue weighted by atomic mass is 32.1. The molecule has 0 amide bonds. The molecule has 0 saturated carbocycles. The van der Waals surface area contributed by atoms with Crippen molar-refractivity contribution in [2.75, 3.05) is 0 Å². The second kappa shape index (κ2) is 10.1. The van der Waals surface area contributed by atoms with E-state index in [-0.39, 0.29) is 0 Å². The van der Waals surface area contributed by atoms with E-state index in [2.05, 4.69) is 61.3 Å². The number of benzene rings is 1. The molecular formula is C19H25NS. The molecule has 1 aromatic carbocycles. The lowest BCUT2D eigenvalue weighted by atomic mass is 10.2. The second-order valence-corrected chi connectivity index (χ2v) is 5.79. The third kappa shape index (κ3) is 6.09. The van der Waals surface area contributed by atoms with Crippen molar-refractivity contribution in [3.63, 3.8) is 0 Å². The van der Waals surface area contributed by atoms with E-state index in [1.807, 2.05) is 37.6 Å². The molecule has 3 aromatic rings. The molecule has 2 heterocycles. The molecule has 2 heteroatoms. The minimum absolute atomic E-state index is 1.17. The number of pyridine rings is 1. The fourth-order valence-electron chi connectivity index (χ4n) is 1.95. The van der Waals surface area contributed by atoms with E-state index in [9.17, 15) is 0 Å². The first-order chi connectivity index (χ1) is 10.3. The number of fused-ring (bicyclic) bond motifs is 1. The van der Waals surface area contributed by atoms with Gasteiger partial charge in [0.1, 0.15) is 0 Å². The number of nitrogens with zero attached hydrogens (tertiary/aromatic N) is 1. The number of rotatable bonds is 2. The van der Waals surface area contributed by atoms with Gasteiger partial charge in [0.15, 0.2) is 0 Å². The third-order valence-corrected chi connectivity index (χ3v) is 3.87. The average Bonchev–Trinajstić information content (AvgIpc) is 2.91. The fourth-order valence-corrected chi connectivity index (χ4v) is 2.88. The van der Waals surface area contributed by atoms with Gasteiger partial charge in [-0.2, -0.15) is 0 Å². The molecular weight excluding hydrogens is 274 g/mol. The Bertz CT molecular complexity index is 581. The molecule has 0 aliphatic rings. The minimum atomic E-state index is 1.17. The number of aryl methyl sites for hydroxylation is 2. The van der Waals surface area contributed by atoms with Gasteiger partial charge in [-0.25, -0.2) is 0 Å². The van der Waals surface area contributed by atoms with Crippen LogP contribution in [0.25, 0.3) is 10.1 Å². The Morgan fingerprint density at radius 1 is 1.00 bits per heavy atom. The summed E-state index contributed by atoms with van der Waals surface area (Å²) in [4.78, 5) is 5.32. The number of hydrogen-bond donors (Lipinski definition) is 0. The molecule has 1 nitrogen and oxygen atoms in total. The molecule has 0 aliphatic carbocycles. The van der Waals surface area contributed by atoms with Crippen molar-refractivity contribution < 1.29 is 0 Å². The van der Waals surface area contributed by atoms with Gasteiger partial charge >= 0.3 is 0 Å². The summed E-state index contributed by atoms with van der Waals surface area (Å²) < 4.78 is 1.39. The lowest BCUT2D eigenvalue weighted by molar-refractivity contribution is 0.918. The van der Waals surface area contributed by atoms with Gasteiger partial charge in [-0.3, -0.25) is 4.98 Å². The highest BCUT2D eigenvalue weighted by molar-refractivity contribution is 7.19. The molecule has 0 radical (unpaired) electrons. The van der Waals surface area contributed by atoms with E-state index < -0.39 is 0 Å². The van der Waals surface area contributed by atoms with E-state index in [0.29, 0.717) is 0 Å². The van der Waals surface area contributed by atoms with Crippen molar-refractivity contribution >= 4 is 21.4 Å². The quantitative estimate of drug-likeness (QED) is 0.543. The largest absolute Gasteiger partial charge is 0.265 e. The lowest BCUT2D eigenvalue weighted by Crippen LogP contribution is -1.80. The van der Waals surface area contributed by atoms with Crippen LogP contribution in [0.4, 0.5) is 0 Å². The SMILES string of the molecule is CC.CCCc1ccncc1.Cc1cc2ccccc2s1. The first-order valence-electron chi connectivity index (χ1n) is 7.63. The molecule has 0 N–H and O–H groups in total. The van der Waals surface area contributed by atoms with Crippen LogP contribution in [0.1, 0.15) is 37.6 Å². The monoisotopic (exact) mass is 299 g/mol. The van der Waals surface area contributed by atoms with Crippen LogP contribution < -0.4 is 0 Å². The van der Waals surface area contributed by atoms with Gasteiger partial charge < -0.3 is 0 Å². The average molecular weight is 299 g/mol. The maximum Gasteiger partial charge on any atom is 0.0345 e. The van der Waals surface area contributed by atoms with E-state index in [4.69, 9.17) is 0 Å². The number of thiophene rings is 1. The molecule has 2 aromatic heterocycles. The van der Waals surface area contributed by atoms with Gasteiger partial charge in [-0.15, -0.1) is 11.3 Å². The molecule has 0 aliphatic heterocycles. The van der Waals surface area contributed by atoms with Gasteiger partial charge in [0.25, 0.3) is 0 Å². The normalized spacial score (nSPS) is 9.33. The molecule has 21 heavy (non-hydrogen) atoms. The maximum absolute atomic E-state index is 3.93. The predicted octanol–water partition coefficient (Wildman–Crippen LogP) is 6.27. The Hall–Kier alpha value is -1.67. The summed E-state index contributed by atoms with van der Waals surface area (Å²) in [6, 6.07) is 14.8. The minimum Gasteiger partial charge on any atom is -0.265 e. The molecule has 0 saturated heterocycles. The van der Waals surface area contributed by atoms with Crippen molar-refractivity contribution in [1.29, 1.82) is 0 Å². The van der Waals surface area contributed by atoms with Crippen molar-refractivity contribution in [3.8, 4) is 0 Å². The van der Waals surface area contributed by atoms with Crippen LogP contribution in [-0.2, 0) is 6.42 Å². The van der Waals surface area contributed by atoms with E-state index in [1.165, 1.54) is 33.4 Å². The summed E-state index contributed by atoms with van der Waals surface area (Å²) in [5.41, 5.74) is 1.38. The van der Waals surface area contributed by atoms with Crippen LogP contribution >= 0.6 is 11.3 Å². The number of aromatic nitrogens is 1. The third-order valence-electron chi connectivity index (χ3n) is 2.84. The zero-order valence-electron chi connectivity index (χ0n) is 13.5. The summed E-state index contributed by atoms with van der Waals surface area (Å²) in [6.45, 7) is 8.32. The van der Waals surface area contributed by atoms with Gasteiger partial charge in [0.05, 0.1) is 0 Å². The highest BCUT2D eigenvalue weighted by Crippen LogP contribution is 2.23. The first-order valence-corrected chi connectivity index (χ1v) is 8.45. The topological polar surface area (TPSA) is 12.9 Å². The van der Waals surface area contributed by atoms with Gasteiger partial charge in [-0.05, 0) is 48.6 Å². The molecule has 3 rings (SSSR count). The zero-order valence-corrected chi connectivity index (χ0v) is 14.3. The Balaban J connectivity index is 0.000000189. The summed E-state index contributed by atoms with van der Waals surface area (Å²) in [6.07, 6.45) is 6.06. The summed E-state index contributed by atoms with van der Waals surface area (Å²) in [7, 11) is 0. The van der Waals surface area contributed by atoms with Gasteiger partial charge in [0, 0.05) is 22.0 Å². The van der Waals surface area contributed by atoms with E-state index >= 15 is 0 Å². The van der Waals surface area contributed by atoms with Crippen LogP contribution in [0.15, 0.2) is 54.9 Å². The summed E-state index contributed by atoms with van der Waals surface area (Å²) in [5, 5.41) is 1.37. The molecule has 0 bridgehead atoms. The van der Waals surface area contributed by atoms with Crippen molar-refractivity contribution in [1.82, 2.24) is 4.98 Å². The van der Waals surface area contributed by atoms with Crippen LogP contribution in [0.5, 0.6) is 0 Å². The van der Waals surface area contributed by atoms with Gasteiger partial charge in [0.2, 0.25) is 0 Å². The lowest BCUT2D eigenvalue weighted by Gasteiger charge is -1.93. The smallest absolute Gasteiger partial charge is 0.0345 e. The van der Waals surface area contributed by atoms with Crippen molar-refractivity contribution in [2.45, 2.75) is 40.5 Å². The van der Waals surface area contributed by atoms with Crippen LogP contribution in [0.2, 0.25) is 0 Å². The maximum atomic E-state index is 3.93. The van der Waals surface area contributed by atoms with Gasteiger partial charge in [-0.1, -0.05) is 45.4 Å². The second-order valence-electron chi connectivity index (χ2n) is 4.50. The summed E-state index contributed by atoms with van der Waals surface area (Å²) >= 11 is 1.85. The van der Waals surface area contributed by atoms with Crippen molar-refractivity contribution in [2.24, 2.45) is 0 Å². The fraction of sp³-hybridized carbons (Fsp3) is 0.316. The molecule has 0 fully saturated rings. The molecule has 0 atom stereocenters. The summed E-state index contributed by atoms with van der Waals surface area (Å²) in [5.74, 6) is 0. The van der Waals surface area contributed by atoms with Crippen LogP contribution in [0, 0.1) is 6.92 Å². The molecule has 0 spiro atoms. The van der Waals surface area contributed by atoms with Crippen molar-refractivity contribution in [3.05, 3.63) is 65.3 Å². The Labute approximate surface area is 132 Å². The zero-order chi connectivity index (χ0) is 15.5. The number of hydrogen-bond acceptors (Lipinski definition) is 2. The Morgan fingerprint density at radius 3 is 2.29 bits per heavy atom. The van der Waals surface area contributed by atoms with E-state index in [1.54, 1.807) is 0 Å². The standard InChI is InChI=1S/C9H8S.C8H11N.C2H6/c1-7-6-8-4-2-3-5-9(8)10-7;1-2-3-8-4-6-9-7-5-8;1-2/h2-6H,1H3;4-7H,2-3H2,1H3;1-2H3. The first kappa shape index (κ1) is 17.4. The van der Waals surface area contributed by atoms with E-state index in [0.717, 1.165) is 0 Å².